The third kappa shape index (κ3) is 7.55. The van der Waals surface area contributed by atoms with Crippen molar-refractivity contribution in [2.75, 3.05) is 6.61 Å². The highest BCUT2D eigenvalue weighted by Crippen LogP contribution is 2.37. The highest BCUT2D eigenvalue weighted by molar-refractivity contribution is 4.79. The maximum Gasteiger partial charge on any atom is 0.0575 e. The van der Waals surface area contributed by atoms with E-state index in [1.54, 1.807) is 0 Å². The van der Waals surface area contributed by atoms with Crippen LogP contribution in [0.5, 0.6) is 0 Å². The van der Waals surface area contributed by atoms with Crippen LogP contribution in [0.1, 0.15) is 90.4 Å². The monoisotopic (exact) mass is 332 g/mol. The fourth-order valence-electron chi connectivity index (χ4n) is 4.69. The van der Waals surface area contributed by atoms with Gasteiger partial charge in [-0.1, -0.05) is 56.8 Å². The van der Waals surface area contributed by atoms with Crippen molar-refractivity contribution >= 4 is 0 Å². The van der Waals surface area contributed by atoms with E-state index < -0.39 is 0 Å². The Labute approximate surface area is 150 Å². The van der Waals surface area contributed by atoms with Gasteiger partial charge in [0.1, 0.15) is 0 Å². The van der Waals surface area contributed by atoms with Gasteiger partial charge in [0.05, 0.1) is 12.7 Å². The van der Waals surface area contributed by atoms with Gasteiger partial charge in [0.2, 0.25) is 0 Å². The summed E-state index contributed by atoms with van der Waals surface area (Å²) in [5.74, 6) is 3.01. The largest absolute Gasteiger partial charge is 0.378 e. The zero-order valence-corrected chi connectivity index (χ0v) is 16.1. The summed E-state index contributed by atoms with van der Waals surface area (Å²) >= 11 is 0. The normalized spacial score (nSPS) is 31.4. The summed E-state index contributed by atoms with van der Waals surface area (Å²) in [5, 5.41) is 0. The van der Waals surface area contributed by atoms with Crippen molar-refractivity contribution in [3.63, 3.8) is 0 Å². The lowest BCUT2D eigenvalue weighted by Crippen LogP contribution is -2.23. The van der Waals surface area contributed by atoms with Crippen molar-refractivity contribution in [1.29, 1.82) is 0 Å². The summed E-state index contributed by atoms with van der Waals surface area (Å²) in [6.07, 6.45) is 25.0. The maximum absolute atomic E-state index is 6.01. The first-order valence-corrected chi connectivity index (χ1v) is 10.7. The van der Waals surface area contributed by atoms with Gasteiger partial charge in [0.25, 0.3) is 0 Å². The molecule has 0 spiro atoms. The van der Waals surface area contributed by atoms with Crippen molar-refractivity contribution in [2.45, 2.75) is 96.5 Å². The summed E-state index contributed by atoms with van der Waals surface area (Å²) in [5.41, 5.74) is 0. The average molecular weight is 333 g/mol. The fourth-order valence-corrected chi connectivity index (χ4v) is 4.69. The second kappa shape index (κ2) is 11.9. The van der Waals surface area contributed by atoms with Crippen molar-refractivity contribution in [3.05, 3.63) is 24.8 Å². The van der Waals surface area contributed by atoms with Crippen molar-refractivity contribution < 1.29 is 4.74 Å². The van der Waals surface area contributed by atoms with Crippen molar-refractivity contribution in [1.82, 2.24) is 0 Å². The molecule has 138 valence electrons. The number of hydrogen-bond acceptors (Lipinski definition) is 1. The molecule has 0 unspecified atom stereocenters. The number of rotatable bonds is 10. The molecule has 0 radical (unpaired) electrons. The third-order valence-corrected chi connectivity index (χ3v) is 6.40. The molecule has 1 heteroatoms. The Morgan fingerprint density at radius 3 is 1.88 bits per heavy atom. The van der Waals surface area contributed by atoms with Gasteiger partial charge in [-0.3, -0.25) is 0 Å². The highest BCUT2D eigenvalue weighted by Gasteiger charge is 2.24. The van der Waals surface area contributed by atoms with Crippen LogP contribution in [0.3, 0.4) is 0 Å². The molecule has 0 aromatic rings. The van der Waals surface area contributed by atoms with E-state index in [4.69, 9.17) is 4.74 Å². The van der Waals surface area contributed by atoms with Gasteiger partial charge in [-0.05, 0) is 69.6 Å². The Bertz CT molecular complexity index is 343. The smallest absolute Gasteiger partial charge is 0.0575 e. The first kappa shape index (κ1) is 19.8. The van der Waals surface area contributed by atoms with Crippen LogP contribution >= 0.6 is 0 Å². The molecular formula is C23H40O. The minimum absolute atomic E-state index is 0.548. The zero-order chi connectivity index (χ0) is 17.0. The van der Waals surface area contributed by atoms with Crippen LogP contribution in [-0.4, -0.2) is 12.7 Å². The predicted octanol–water partition coefficient (Wildman–Crippen LogP) is 7.08. The third-order valence-electron chi connectivity index (χ3n) is 6.40. The van der Waals surface area contributed by atoms with Gasteiger partial charge < -0.3 is 4.74 Å². The fraction of sp³-hybridized carbons (Fsp3) is 0.826. The molecule has 0 heterocycles. The number of ether oxygens (including phenoxy) is 1. The molecule has 0 atom stereocenters. The predicted molar refractivity (Wildman–Crippen MR) is 105 cm³/mol. The van der Waals surface area contributed by atoms with Gasteiger partial charge in [-0.15, -0.1) is 6.58 Å². The van der Waals surface area contributed by atoms with Gasteiger partial charge >= 0.3 is 0 Å². The summed E-state index contributed by atoms with van der Waals surface area (Å²) in [6, 6.07) is 0. The van der Waals surface area contributed by atoms with Crippen molar-refractivity contribution in [2.24, 2.45) is 17.8 Å². The van der Waals surface area contributed by atoms with E-state index in [0.29, 0.717) is 6.10 Å². The van der Waals surface area contributed by atoms with Crippen molar-refractivity contribution in [3.8, 4) is 0 Å². The molecule has 2 saturated carbocycles. The summed E-state index contributed by atoms with van der Waals surface area (Å²) < 4.78 is 6.01. The molecular weight excluding hydrogens is 292 g/mol. The number of allylic oxidation sites excluding steroid dienone is 2. The zero-order valence-electron chi connectivity index (χ0n) is 16.1. The van der Waals surface area contributed by atoms with Crippen LogP contribution in [0.15, 0.2) is 24.8 Å². The Balaban J connectivity index is 1.51. The van der Waals surface area contributed by atoms with E-state index in [0.717, 1.165) is 30.8 Å². The van der Waals surface area contributed by atoms with Crippen LogP contribution in [0.4, 0.5) is 0 Å². The SMILES string of the molecule is C=CCCC1CCC(CCC2CCC(OCC/C=C\C)CC2)CC1. The first-order chi connectivity index (χ1) is 11.8. The lowest BCUT2D eigenvalue weighted by molar-refractivity contribution is 0.0188. The van der Waals surface area contributed by atoms with Crippen LogP contribution in [0, 0.1) is 17.8 Å². The Kier molecular flexibility index (Phi) is 9.80. The summed E-state index contributed by atoms with van der Waals surface area (Å²) in [4.78, 5) is 0. The molecule has 0 N–H and O–H groups in total. The Hall–Kier alpha value is -0.560. The molecule has 2 aliphatic rings. The molecule has 0 aromatic heterocycles. The Morgan fingerprint density at radius 2 is 1.33 bits per heavy atom. The molecule has 0 saturated heterocycles. The first-order valence-electron chi connectivity index (χ1n) is 10.7. The molecule has 1 nitrogen and oxygen atoms in total. The molecule has 0 aliphatic heterocycles. The molecule has 2 rings (SSSR count). The summed E-state index contributed by atoms with van der Waals surface area (Å²) in [6.45, 7) is 6.85. The molecule has 2 aliphatic carbocycles. The number of hydrogen-bond donors (Lipinski definition) is 0. The van der Waals surface area contributed by atoms with E-state index in [-0.39, 0.29) is 0 Å². The maximum atomic E-state index is 6.01. The lowest BCUT2D eigenvalue weighted by Gasteiger charge is -2.32. The van der Waals surface area contributed by atoms with E-state index in [1.165, 1.54) is 77.0 Å². The van der Waals surface area contributed by atoms with Crippen LogP contribution in [0.2, 0.25) is 0 Å². The van der Waals surface area contributed by atoms with Crippen LogP contribution in [0.25, 0.3) is 0 Å². The van der Waals surface area contributed by atoms with E-state index in [9.17, 15) is 0 Å². The van der Waals surface area contributed by atoms with Crippen LogP contribution < -0.4 is 0 Å². The van der Waals surface area contributed by atoms with Gasteiger partial charge in [-0.25, -0.2) is 0 Å². The molecule has 0 aromatic carbocycles. The topological polar surface area (TPSA) is 9.23 Å². The van der Waals surface area contributed by atoms with E-state index in [1.807, 2.05) is 0 Å². The van der Waals surface area contributed by atoms with Gasteiger partial charge in [0, 0.05) is 0 Å². The second-order valence-electron chi connectivity index (χ2n) is 8.20. The van der Waals surface area contributed by atoms with E-state index >= 15 is 0 Å². The minimum atomic E-state index is 0.548. The average Bonchev–Trinajstić information content (AvgIpc) is 2.64. The van der Waals surface area contributed by atoms with Gasteiger partial charge in [0.15, 0.2) is 0 Å². The lowest BCUT2D eigenvalue weighted by atomic mass is 9.76. The highest BCUT2D eigenvalue weighted by atomic mass is 16.5. The Morgan fingerprint density at radius 1 is 0.792 bits per heavy atom. The summed E-state index contributed by atoms with van der Waals surface area (Å²) in [7, 11) is 0. The molecule has 24 heavy (non-hydrogen) atoms. The molecule has 2 fully saturated rings. The standard InChI is InChI=1S/C23H40O/c1-3-5-7-19-24-23-17-15-22(16-18-23)14-13-21-11-9-20(10-12-21)8-6-4-2/h3-5,20-23H,2,6-19H2,1H3/b5-3-. The quantitative estimate of drug-likeness (QED) is 0.307. The molecule has 0 amide bonds. The molecule has 0 bridgehead atoms. The van der Waals surface area contributed by atoms with Crippen LogP contribution in [-0.2, 0) is 4.74 Å². The van der Waals surface area contributed by atoms with E-state index in [2.05, 4.69) is 31.7 Å². The minimum Gasteiger partial charge on any atom is -0.378 e. The second-order valence-corrected chi connectivity index (χ2v) is 8.20. The van der Waals surface area contributed by atoms with Gasteiger partial charge in [-0.2, -0.15) is 0 Å².